The first-order valence-corrected chi connectivity index (χ1v) is 17.3. The molecule has 1 aliphatic heterocycles. The molecular weight excluding hydrogens is 649 g/mol. The summed E-state index contributed by atoms with van der Waals surface area (Å²) in [6, 6.07) is 22.4. The zero-order valence-corrected chi connectivity index (χ0v) is 29.7. The van der Waals surface area contributed by atoms with E-state index < -0.39 is 12.0 Å². The van der Waals surface area contributed by atoms with Gasteiger partial charge in [0.15, 0.2) is 4.80 Å². The minimum atomic E-state index is -0.756. The first-order chi connectivity index (χ1) is 24.2. The minimum Gasteiger partial charge on any atom is -0.497 e. The molecule has 3 heterocycles. The maximum Gasteiger partial charge on any atom is 0.338 e. The van der Waals surface area contributed by atoms with Crippen molar-refractivity contribution in [1.29, 1.82) is 0 Å². The number of methoxy groups -OCH3 is 1. The number of nitrogens with zero attached hydrogens (tertiary/aromatic N) is 4. The van der Waals surface area contributed by atoms with E-state index in [4.69, 9.17) is 24.3 Å². The predicted octanol–water partition coefficient (Wildman–Crippen LogP) is 6.56. The van der Waals surface area contributed by atoms with E-state index in [1.54, 1.807) is 30.7 Å². The van der Waals surface area contributed by atoms with Crippen molar-refractivity contribution < 1.29 is 19.0 Å². The minimum absolute atomic E-state index is 0.0358. The molecule has 2 aromatic heterocycles. The fourth-order valence-corrected chi connectivity index (χ4v) is 6.87. The van der Waals surface area contributed by atoms with Crippen molar-refractivity contribution >= 4 is 23.4 Å². The number of fused-ring (bicyclic) bond motifs is 1. The van der Waals surface area contributed by atoms with Crippen molar-refractivity contribution in [3.8, 4) is 28.4 Å². The van der Waals surface area contributed by atoms with E-state index in [-0.39, 0.29) is 12.2 Å². The first kappa shape index (κ1) is 34.4. The lowest BCUT2D eigenvalue weighted by molar-refractivity contribution is -0.138. The van der Waals surface area contributed by atoms with Crippen LogP contribution < -0.4 is 24.4 Å². The SMILES string of the molecule is C=CCOC(=O)C1=C(C)N=c2sc(=Cc3cn(-c4ccccc4)nc3-c3ccc(OCCC(C)C)c(C)c3)c(=O)n2C1c1ccc(OC)cc1. The average molecular weight is 689 g/mol. The average Bonchev–Trinajstić information content (AvgIpc) is 3.67. The van der Waals surface area contributed by atoms with Gasteiger partial charge in [0.05, 0.1) is 41.2 Å². The molecule has 0 aliphatic carbocycles. The van der Waals surface area contributed by atoms with Gasteiger partial charge in [0.2, 0.25) is 0 Å². The van der Waals surface area contributed by atoms with Crippen LogP contribution in [-0.4, -0.2) is 40.6 Å². The Morgan fingerprint density at radius 2 is 1.82 bits per heavy atom. The van der Waals surface area contributed by atoms with Gasteiger partial charge in [0, 0.05) is 17.3 Å². The molecule has 1 unspecified atom stereocenters. The van der Waals surface area contributed by atoms with Gasteiger partial charge in [-0.2, -0.15) is 5.10 Å². The zero-order chi connectivity index (χ0) is 35.4. The van der Waals surface area contributed by atoms with Crippen LogP contribution in [0.4, 0.5) is 0 Å². The van der Waals surface area contributed by atoms with Gasteiger partial charge in [-0.1, -0.05) is 68.2 Å². The molecule has 10 heteroatoms. The second kappa shape index (κ2) is 15.0. The number of allylic oxidation sites excluding steroid dienone is 1. The fourth-order valence-electron chi connectivity index (χ4n) is 5.83. The van der Waals surface area contributed by atoms with Gasteiger partial charge in [-0.15, -0.1) is 0 Å². The second-order valence-corrected chi connectivity index (χ2v) is 13.5. The van der Waals surface area contributed by atoms with Crippen LogP contribution in [-0.2, 0) is 9.53 Å². The highest BCUT2D eigenvalue weighted by Crippen LogP contribution is 2.32. The Morgan fingerprint density at radius 3 is 2.50 bits per heavy atom. The summed E-state index contributed by atoms with van der Waals surface area (Å²) in [5.74, 6) is 1.49. The van der Waals surface area contributed by atoms with Crippen LogP contribution in [0.5, 0.6) is 11.5 Å². The third-order valence-electron chi connectivity index (χ3n) is 8.46. The molecule has 0 spiro atoms. The molecule has 0 fully saturated rings. The molecule has 50 heavy (non-hydrogen) atoms. The van der Waals surface area contributed by atoms with Crippen LogP contribution in [0.1, 0.15) is 49.9 Å². The Hall–Kier alpha value is -5.48. The van der Waals surface area contributed by atoms with Crippen molar-refractivity contribution in [3.63, 3.8) is 0 Å². The number of para-hydroxylation sites is 1. The summed E-state index contributed by atoms with van der Waals surface area (Å²) in [5, 5.41) is 5.00. The molecule has 1 aliphatic rings. The Bertz CT molecular complexity index is 2250. The predicted molar refractivity (Wildman–Crippen MR) is 197 cm³/mol. The van der Waals surface area contributed by atoms with Gasteiger partial charge in [-0.3, -0.25) is 9.36 Å². The van der Waals surface area contributed by atoms with Gasteiger partial charge in [0.1, 0.15) is 23.8 Å². The molecule has 0 amide bonds. The number of rotatable bonds is 12. The van der Waals surface area contributed by atoms with E-state index in [0.29, 0.717) is 44.6 Å². The summed E-state index contributed by atoms with van der Waals surface area (Å²) < 4.78 is 20.8. The van der Waals surface area contributed by atoms with Crippen molar-refractivity contribution in [1.82, 2.24) is 14.3 Å². The molecule has 256 valence electrons. The Morgan fingerprint density at radius 1 is 1.06 bits per heavy atom. The Kier molecular flexibility index (Phi) is 10.3. The summed E-state index contributed by atoms with van der Waals surface area (Å²) in [6.45, 7) is 12.5. The normalized spacial score (nSPS) is 14.4. The quantitative estimate of drug-likeness (QED) is 0.109. The fraction of sp³-hybridized carbons (Fsp3) is 0.250. The van der Waals surface area contributed by atoms with Crippen LogP contribution in [0.25, 0.3) is 23.0 Å². The third-order valence-corrected chi connectivity index (χ3v) is 9.44. The Balaban J connectivity index is 1.49. The number of benzene rings is 3. The lowest BCUT2D eigenvalue weighted by atomic mass is 9.96. The third kappa shape index (κ3) is 7.11. The molecule has 0 saturated carbocycles. The highest BCUT2D eigenvalue weighted by molar-refractivity contribution is 7.07. The molecule has 3 aromatic carbocycles. The number of hydrogen-bond donors (Lipinski definition) is 0. The molecular formula is C40H40N4O5S. The van der Waals surface area contributed by atoms with Crippen molar-refractivity contribution in [2.45, 2.75) is 40.2 Å². The van der Waals surface area contributed by atoms with E-state index in [9.17, 15) is 9.59 Å². The maximum absolute atomic E-state index is 14.4. The van der Waals surface area contributed by atoms with Crippen molar-refractivity contribution in [2.75, 3.05) is 20.3 Å². The monoisotopic (exact) mass is 688 g/mol. The van der Waals surface area contributed by atoms with Gasteiger partial charge >= 0.3 is 5.97 Å². The van der Waals surface area contributed by atoms with Crippen LogP contribution >= 0.6 is 11.3 Å². The van der Waals surface area contributed by atoms with Gasteiger partial charge < -0.3 is 14.2 Å². The number of aromatic nitrogens is 3. The van der Waals surface area contributed by atoms with E-state index in [1.807, 2.05) is 78.5 Å². The van der Waals surface area contributed by atoms with Crippen molar-refractivity contribution in [3.05, 3.63) is 139 Å². The number of hydrogen-bond acceptors (Lipinski definition) is 8. The molecule has 6 rings (SSSR count). The number of carbonyl (C=O) groups is 1. The summed E-state index contributed by atoms with van der Waals surface area (Å²) in [4.78, 5) is 33.0. The lowest BCUT2D eigenvalue weighted by Crippen LogP contribution is -2.39. The molecule has 0 saturated heterocycles. The molecule has 9 nitrogen and oxygen atoms in total. The molecule has 0 N–H and O–H groups in total. The molecule has 1 atom stereocenters. The Labute approximate surface area is 295 Å². The molecule has 0 bridgehead atoms. The molecule has 0 radical (unpaired) electrons. The summed E-state index contributed by atoms with van der Waals surface area (Å²) in [6.07, 6.45) is 6.26. The maximum atomic E-state index is 14.4. The lowest BCUT2D eigenvalue weighted by Gasteiger charge is -2.24. The second-order valence-electron chi connectivity index (χ2n) is 12.5. The summed E-state index contributed by atoms with van der Waals surface area (Å²) in [7, 11) is 1.59. The number of thiazole rings is 1. The first-order valence-electron chi connectivity index (χ1n) is 16.5. The van der Waals surface area contributed by atoms with Crippen LogP contribution in [0, 0.1) is 12.8 Å². The number of ether oxygens (including phenoxy) is 3. The number of aryl methyl sites for hydroxylation is 1. The standard InChI is InChI=1S/C40H40N4O5S/c1-7-20-49-39(46)35-27(5)41-40-44(37(35)28-13-16-32(47-6)17-14-28)38(45)34(50-40)23-30-24-43(31-11-9-8-10-12-31)42-36(30)29-15-18-33(26(4)22-29)48-21-19-25(2)3/h7-18,22-25,37H,1,19-21H2,2-6H3. The zero-order valence-electron chi connectivity index (χ0n) is 28.9. The van der Waals surface area contributed by atoms with E-state index in [2.05, 4.69) is 26.5 Å². The highest BCUT2D eigenvalue weighted by atomic mass is 32.1. The van der Waals surface area contributed by atoms with Gasteiger partial charge in [-0.25, -0.2) is 14.5 Å². The molecule has 5 aromatic rings. The summed E-state index contributed by atoms with van der Waals surface area (Å²) in [5.41, 5.74) is 5.47. The van der Waals surface area contributed by atoms with Crippen LogP contribution in [0.2, 0.25) is 0 Å². The smallest absolute Gasteiger partial charge is 0.338 e. The van der Waals surface area contributed by atoms with Gasteiger partial charge in [-0.05, 0) is 85.9 Å². The van der Waals surface area contributed by atoms with E-state index in [0.717, 1.165) is 40.1 Å². The largest absolute Gasteiger partial charge is 0.497 e. The summed E-state index contributed by atoms with van der Waals surface area (Å²) >= 11 is 1.27. The van der Waals surface area contributed by atoms with Gasteiger partial charge in [0.25, 0.3) is 5.56 Å². The van der Waals surface area contributed by atoms with Crippen LogP contribution in [0.15, 0.2) is 113 Å². The highest BCUT2D eigenvalue weighted by Gasteiger charge is 2.33. The number of carbonyl (C=O) groups excluding carboxylic acids is 1. The number of esters is 1. The topological polar surface area (TPSA) is 96.9 Å². The van der Waals surface area contributed by atoms with E-state index >= 15 is 0 Å². The van der Waals surface area contributed by atoms with Crippen LogP contribution in [0.3, 0.4) is 0 Å². The van der Waals surface area contributed by atoms with E-state index in [1.165, 1.54) is 17.4 Å². The van der Waals surface area contributed by atoms with Crippen molar-refractivity contribution in [2.24, 2.45) is 10.9 Å².